The molecule has 0 saturated heterocycles. The maximum absolute atomic E-state index is 13.1. The maximum Gasteiger partial charge on any atom is 0.402 e. The third-order valence-electron chi connectivity index (χ3n) is 7.87. The highest BCUT2D eigenvalue weighted by Crippen LogP contribution is 2.47. The van der Waals surface area contributed by atoms with E-state index >= 15 is 0 Å². The van der Waals surface area contributed by atoms with Crippen LogP contribution in [0.3, 0.4) is 0 Å². The van der Waals surface area contributed by atoms with E-state index in [9.17, 15) is 4.79 Å². The summed E-state index contributed by atoms with van der Waals surface area (Å²) in [5.41, 5.74) is 5.35. The fraction of sp³-hybridized carbons (Fsp3) is 0.567. The van der Waals surface area contributed by atoms with Crippen LogP contribution in [0.15, 0.2) is 24.4 Å². The fourth-order valence-electron chi connectivity index (χ4n) is 5.59. The number of pyridine rings is 1. The number of aromatic amines is 1. The number of nitrogens with one attached hydrogen (secondary N) is 1. The Morgan fingerprint density at radius 1 is 1.00 bits per heavy atom. The minimum absolute atomic E-state index is 0. The Morgan fingerprint density at radius 3 is 2.34 bits per heavy atom. The molecule has 0 amide bonds. The Labute approximate surface area is 242 Å². The molecule has 0 radical (unpaired) electrons. The summed E-state index contributed by atoms with van der Waals surface area (Å²) in [6.45, 7) is 12.5. The van der Waals surface area contributed by atoms with Gasteiger partial charge in [-0.25, -0.2) is 9.55 Å². The molecule has 0 fully saturated rings. The number of imidazole rings is 1. The van der Waals surface area contributed by atoms with Crippen molar-refractivity contribution in [2.45, 2.75) is 96.7 Å². The van der Waals surface area contributed by atoms with Gasteiger partial charge in [-0.2, -0.15) is 0 Å². The first kappa shape index (κ1) is 30.8. The first-order valence-corrected chi connectivity index (χ1v) is 16.0. The average molecular weight is 576 g/mol. The molecule has 1 aliphatic rings. The number of fused-ring (bicyclic) bond motifs is 2. The van der Waals surface area contributed by atoms with Gasteiger partial charge in [0, 0.05) is 28.2 Å². The van der Waals surface area contributed by atoms with Gasteiger partial charge >= 0.3 is 5.95 Å². The van der Waals surface area contributed by atoms with Crippen LogP contribution in [0.5, 0.6) is 5.75 Å². The molecule has 38 heavy (non-hydrogen) atoms. The number of methoxy groups -OCH3 is 1. The minimum Gasteiger partial charge on any atom is -1.00 e. The summed E-state index contributed by atoms with van der Waals surface area (Å²) in [5, 5.41) is 0. The van der Waals surface area contributed by atoms with Crippen molar-refractivity contribution in [3.63, 3.8) is 0 Å². The van der Waals surface area contributed by atoms with Gasteiger partial charge in [-0.05, 0) is 64.3 Å². The molecule has 2 heterocycles. The Balaban J connectivity index is 0.00000400. The Hall–Kier alpha value is -1.70. The van der Waals surface area contributed by atoms with E-state index in [1.54, 1.807) is 7.11 Å². The van der Waals surface area contributed by atoms with Gasteiger partial charge < -0.3 is 17.1 Å². The molecule has 0 bridgehead atoms. The van der Waals surface area contributed by atoms with Crippen LogP contribution in [-0.4, -0.2) is 28.6 Å². The molecular formula is C30H42ClN3O2S2. The van der Waals surface area contributed by atoms with Crippen molar-refractivity contribution in [1.29, 1.82) is 0 Å². The summed E-state index contributed by atoms with van der Waals surface area (Å²) in [6.07, 6.45) is 10.0. The first-order valence-electron chi connectivity index (χ1n) is 13.6. The SMILES string of the molecule is CCCCCCCCSSCc1c(C)c(OC)cc[n+]1-c1nc2cc3c(cc2[nH]1)C(C)(C)C(=O)C3(C)C.[Cl-]. The largest absolute Gasteiger partial charge is 1.00 e. The normalized spacial score (nSPS) is 15.5. The number of hydrogen-bond donors (Lipinski definition) is 1. The molecule has 1 N–H and O–H groups in total. The number of carbonyl (C=O) groups excluding carboxylic acids is 1. The minimum atomic E-state index is -0.509. The molecule has 0 unspecified atom stereocenters. The van der Waals surface area contributed by atoms with Gasteiger partial charge in [0.2, 0.25) is 0 Å². The molecule has 0 spiro atoms. The Kier molecular flexibility index (Phi) is 10.3. The lowest BCUT2D eigenvalue weighted by Crippen LogP contribution is -3.00. The third-order valence-corrected chi connectivity index (χ3v) is 10.2. The topological polar surface area (TPSA) is 58.9 Å². The highest BCUT2D eigenvalue weighted by atomic mass is 35.5. The second-order valence-corrected chi connectivity index (χ2v) is 13.8. The molecule has 0 saturated carbocycles. The van der Waals surface area contributed by atoms with Gasteiger partial charge in [0.25, 0.3) is 0 Å². The van der Waals surface area contributed by atoms with Crippen LogP contribution in [0, 0.1) is 6.92 Å². The lowest BCUT2D eigenvalue weighted by molar-refractivity contribution is -0.610. The van der Waals surface area contributed by atoms with Gasteiger partial charge in [-0.3, -0.25) is 4.79 Å². The van der Waals surface area contributed by atoms with Crippen molar-refractivity contribution in [2.75, 3.05) is 12.9 Å². The van der Waals surface area contributed by atoms with E-state index in [-0.39, 0.29) is 18.2 Å². The van der Waals surface area contributed by atoms with E-state index in [1.807, 2.05) is 61.5 Å². The number of nitrogens with zero attached hydrogens (tertiary/aromatic N) is 2. The van der Waals surface area contributed by atoms with Crippen molar-refractivity contribution >= 4 is 38.4 Å². The van der Waals surface area contributed by atoms with Gasteiger partial charge in [0.15, 0.2) is 11.3 Å². The Morgan fingerprint density at radius 2 is 1.66 bits per heavy atom. The van der Waals surface area contributed by atoms with Crippen LogP contribution < -0.4 is 21.7 Å². The van der Waals surface area contributed by atoms with Gasteiger partial charge in [0.1, 0.15) is 17.0 Å². The number of hydrogen-bond acceptors (Lipinski definition) is 5. The number of benzene rings is 1. The summed E-state index contributed by atoms with van der Waals surface area (Å²) in [4.78, 5) is 21.6. The van der Waals surface area contributed by atoms with Crippen LogP contribution in [0.25, 0.3) is 17.0 Å². The molecule has 1 aromatic carbocycles. The number of unbranched alkanes of at least 4 members (excludes halogenated alkanes) is 5. The zero-order chi connectivity index (χ0) is 26.8. The molecular weight excluding hydrogens is 534 g/mol. The summed E-state index contributed by atoms with van der Waals surface area (Å²) in [6, 6.07) is 6.25. The van der Waals surface area contributed by atoms with Crippen LogP contribution in [0.2, 0.25) is 0 Å². The highest BCUT2D eigenvalue weighted by Gasteiger charge is 2.50. The predicted molar refractivity (Wildman–Crippen MR) is 157 cm³/mol. The molecule has 5 nitrogen and oxygen atoms in total. The fourth-order valence-corrected chi connectivity index (χ4v) is 7.88. The summed E-state index contributed by atoms with van der Waals surface area (Å²) >= 11 is 0. The van der Waals surface area contributed by atoms with Crippen LogP contribution in [0.4, 0.5) is 0 Å². The van der Waals surface area contributed by atoms with Crippen molar-refractivity contribution in [3.05, 3.63) is 46.8 Å². The van der Waals surface area contributed by atoms with Crippen LogP contribution >= 0.6 is 21.6 Å². The van der Waals surface area contributed by atoms with E-state index in [1.165, 1.54) is 50.0 Å². The number of halogens is 1. The van der Waals surface area contributed by atoms with E-state index in [2.05, 4.69) is 35.5 Å². The lowest BCUT2D eigenvalue weighted by Gasteiger charge is -2.21. The average Bonchev–Trinajstić information content (AvgIpc) is 3.34. The zero-order valence-corrected chi connectivity index (χ0v) is 26.3. The number of rotatable bonds is 12. The maximum atomic E-state index is 13.1. The molecule has 208 valence electrons. The lowest BCUT2D eigenvalue weighted by atomic mass is 9.80. The van der Waals surface area contributed by atoms with Crippen molar-refractivity contribution in [3.8, 4) is 11.7 Å². The molecule has 1 aliphatic carbocycles. The molecule has 4 rings (SSSR count). The second kappa shape index (κ2) is 12.6. The molecule has 0 aliphatic heterocycles. The van der Waals surface area contributed by atoms with Crippen molar-refractivity contribution in [2.24, 2.45) is 0 Å². The van der Waals surface area contributed by atoms with Gasteiger partial charge in [-0.15, -0.1) is 0 Å². The number of H-pyrrole nitrogens is 1. The number of ketones is 1. The molecule has 3 aromatic rings. The van der Waals surface area contributed by atoms with E-state index < -0.39 is 10.8 Å². The number of ether oxygens (including phenoxy) is 1. The standard InChI is InChI=1S/C30H42N3O2S2.ClH/c1-8-9-10-11-12-13-16-36-37-19-25-20(2)26(35-7)14-15-33(25)28-31-23-17-21-22(18-24(23)32-28)30(5,6)27(34)29(21,3)4;/h14-15,17-18H,8-13,16,19H2,1-7H3,(H,31,32);1H/q+1;/p-1. The quantitative estimate of drug-likeness (QED) is 0.195. The molecule has 8 heteroatoms. The zero-order valence-electron chi connectivity index (χ0n) is 23.9. The van der Waals surface area contributed by atoms with E-state index in [0.717, 1.165) is 45.2 Å². The number of Topliss-reactive ketones (excluding diaryl/α,β-unsaturated/α-hetero) is 1. The van der Waals surface area contributed by atoms with Crippen molar-refractivity contribution in [1.82, 2.24) is 9.97 Å². The van der Waals surface area contributed by atoms with Crippen LogP contribution in [0.1, 0.15) is 95.5 Å². The monoisotopic (exact) mass is 575 g/mol. The van der Waals surface area contributed by atoms with Crippen LogP contribution in [-0.2, 0) is 21.4 Å². The van der Waals surface area contributed by atoms with Gasteiger partial charge in [0.05, 0.1) is 19.1 Å². The van der Waals surface area contributed by atoms with Gasteiger partial charge in [-0.1, -0.05) is 65.6 Å². The molecule has 2 aromatic heterocycles. The summed E-state index contributed by atoms with van der Waals surface area (Å²) < 4.78 is 7.80. The molecule has 0 atom stereocenters. The highest BCUT2D eigenvalue weighted by molar-refractivity contribution is 8.76. The van der Waals surface area contributed by atoms with Crippen molar-refractivity contribution < 1.29 is 26.5 Å². The number of carbonyl (C=O) groups is 1. The number of aromatic nitrogens is 3. The first-order chi connectivity index (χ1) is 17.6. The second-order valence-electron chi connectivity index (χ2n) is 11.2. The summed E-state index contributed by atoms with van der Waals surface area (Å²) in [5.74, 6) is 4.00. The third kappa shape index (κ3) is 5.90. The van der Waals surface area contributed by atoms with E-state index in [0.29, 0.717) is 0 Å². The smallest absolute Gasteiger partial charge is 0.402 e. The Bertz CT molecular complexity index is 1230. The summed E-state index contributed by atoms with van der Waals surface area (Å²) in [7, 11) is 5.59. The van der Waals surface area contributed by atoms with E-state index in [4.69, 9.17) is 9.72 Å². The predicted octanol–water partition coefficient (Wildman–Crippen LogP) is 4.54.